The van der Waals surface area contributed by atoms with Crippen LogP contribution in [0.1, 0.15) is 25.7 Å². The number of nitrogens with zero attached hydrogens (tertiary/aromatic N) is 2. The monoisotopic (exact) mass is 421 g/mol. The molecule has 4 rings (SSSR count). The van der Waals surface area contributed by atoms with Gasteiger partial charge in [0.05, 0.1) is 16.7 Å². The number of halogens is 1. The number of carbonyl (C=O) groups excluding carboxylic acids is 1. The Balaban J connectivity index is 1.62. The van der Waals surface area contributed by atoms with Crippen LogP contribution in [0.5, 0.6) is 0 Å². The molecule has 0 radical (unpaired) electrons. The normalized spacial score (nSPS) is 23.4. The number of hydrogen-bond donors (Lipinski definition) is 1. The van der Waals surface area contributed by atoms with Gasteiger partial charge >= 0.3 is 0 Å². The number of carbonyl (C=O) groups is 1. The van der Waals surface area contributed by atoms with E-state index in [1.165, 1.54) is 22.7 Å². The molecule has 2 aromatic rings. The van der Waals surface area contributed by atoms with Gasteiger partial charge in [0.25, 0.3) is 0 Å². The van der Waals surface area contributed by atoms with Crippen LogP contribution in [0.15, 0.2) is 45.9 Å². The summed E-state index contributed by atoms with van der Waals surface area (Å²) in [6.45, 7) is 1.22. The number of hydrogen-bond acceptors (Lipinski definition) is 5. The number of furan rings is 1. The van der Waals surface area contributed by atoms with E-state index in [1.54, 1.807) is 17.0 Å². The lowest BCUT2D eigenvalue weighted by Crippen LogP contribution is -2.52. The van der Waals surface area contributed by atoms with Crippen LogP contribution in [-0.2, 0) is 14.8 Å². The Morgan fingerprint density at radius 3 is 2.66 bits per heavy atom. The van der Waals surface area contributed by atoms with Gasteiger partial charge in [-0.15, -0.1) is 0 Å². The van der Waals surface area contributed by atoms with Crippen molar-refractivity contribution >= 4 is 15.9 Å². The van der Waals surface area contributed by atoms with Gasteiger partial charge in [0, 0.05) is 25.7 Å². The Kier molecular flexibility index (Phi) is 5.46. The molecular formula is C20H24FN3O4S. The van der Waals surface area contributed by atoms with Crippen LogP contribution < -0.4 is 5.73 Å². The summed E-state index contributed by atoms with van der Waals surface area (Å²) in [5.74, 6) is -0.580. The Morgan fingerprint density at radius 1 is 1.17 bits per heavy atom. The Bertz CT molecular complexity index is 993. The summed E-state index contributed by atoms with van der Waals surface area (Å²) in [5.41, 5.74) is 6.09. The fourth-order valence-electron chi connectivity index (χ4n) is 4.06. The van der Waals surface area contributed by atoms with E-state index in [4.69, 9.17) is 10.2 Å². The summed E-state index contributed by atoms with van der Waals surface area (Å²) in [5, 5.41) is 0. The fourth-order valence-corrected chi connectivity index (χ4v) is 5.72. The van der Waals surface area contributed by atoms with Crippen LogP contribution in [0.25, 0.3) is 11.3 Å². The second-order valence-electron chi connectivity index (χ2n) is 7.58. The molecule has 1 amide bonds. The maximum absolute atomic E-state index is 14.6. The van der Waals surface area contributed by atoms with Crippen molar-refractivity contribution in [2.24, 2.45) is 5.73 Å². The van der Waals surface area contributed by atoms with Crippen molar-refractivity contribution in [3.05, 3.63) is 42.4 Å². The molecule has 2 atom stereocenters. The Hall–Kier alpha value is -2.23. The minimum Gasteiger partial charge on any atom is -0.464 e. The molecule has 2 saturated heterocycles. The van der Waals surface area contributed by atoms with Gasteiger partial charge in [0.15, 0.2) is 0 Å². The summed E-state index contributed by atoms with van der Waals surface area (Å²) in [6, 6.07) is 6.14. The van der Waals surface area contributed by atoms with Gasteiger partial charge in [-0.1, -0.05) is 6.42 Å². The second-order valence-corrected chi connectivity index (χ2v) is 9.47. The van der Waals surface area contributed by atoms with E-state index in [1.807, 2.05) is 0 Å². The third kappa shape index (κ3) is 3.82. The smallest absolute Gasteiger partial charge is 0.243 e. The largest absolute Gasteiger partial charge is 0.464 e. The van der Waals surface area contributed by atoms with Crippen LogP contribution in [0.2, 0.25) is 0 Å². The molecule has 3 heterocycles. The lowest BCUT2D eigenvalue weighted by atomic mass is 10.0. The Morgan fingerprint density at radius 2 is 2.00 bits per heavy atom. The first kappa shape index (κ1) is 20.1. The number of amides is 1. The van der Waals surface area contributed by atoms with Gasteiger partial charge in [-0.25, -0.2) is 12.8 Å². The van der Waals surface area contributed by atoms with E-state index in [9.17, 15) is 17.6 Å². The fraction of sp³-hybridized carbons (Fsp3) is 0.450. The lowest BCUT2D eigenvalue weighted by molar-refractivity contribution is -0.135. The van der Waals surface area contributed by atoms with Crippen molar-refractivity contribution in [2.75, 3.05) is 19.6 Å². The first-order valence-corrected chi connectivity index (χ1v) is 11.2. The van der Waals surface area contributed by atoms with E-state index in [0.717, 1.165) is 12.5 Å². The second kappa shape index (κ2) is 7.89. The quantitative estimate of drug-likeness (QED) is 0.816. The van der Waals surface area contributed by atoms with E-state index >= 15 is 0 Å². The number of likely N-dealkylation sites (tertiary alicyclic amines) is 1. The zero-order valence-corrected chi connectivity index (χ0v) is 16.8. The first-order valence-electron chi connectivity index (χ1n) is 9.77. The van der Waals surface area contributed by atoms with Crippen LogP contribution in [0, 0.1) is 5.82 Å². The standard InChI is InChI=1S/C20H24FN3O4S/c21-17-12-15(6-7-16(17)19-5-3-11-28-19)29(26,27)24-9-2-1-4-18(24)20(25)23-10-8-14(22)13-23/h3,5-7,11-12,14,18H,1-2,4,8-10,13,22H2/t14-,18+/m1/s1. The summed E-state index contributed by atoms with van der Waals surface area (Å²) < 4.78 is 47.6. The van der Waals surface area contributed by atoms with Crippen molar-refractivity contribution < 1.29 is 22.0 Å². The van der Waals surface area contributed by atoms with Crippen molar-refractivity contribution in [1.82, 2.24) is 9.21 Å². The molecule has 2 aliphatic heterocycles. The third-order valence-electron chi connectivity index (χ3n) is 5.61. The van der Waals surface area contributed by atoms with Gasteiger partial charge in [-0.2, -0.15) is 4.31 Å². The highest BCUT2D eigenvalue weighted by Gasteiger charge is 2.40. The molecule has 1 aromatic heterocycles. The predicted molar refractivity (Wildman–Crippen MR) is 105 cm³/mol. The van der Waals surface area contributed by atoms with E-state index in [-0.39, 0.29) is 29.0 Å². The molecule has 2 aliphatic rings. The zero-order chi connectivity index (χ0) is 20.6. The summed E-state index contributed by atoms with van der Waals surface area (Å²) in [7, 11) is -4.02. The minimum absolute atomic E-state index is 0.0733. The van der Waals surface area contributed by atoms with E-state index in [2.05, 4.69) is 0 Å². The van der Waals surface area contributed by atoms with E-state index in [0.29, 0.717) is 38.1 Å². The van der Waals surface area contributed by atoms with Crippen molar-refractivity contribution in [3.63, 3.8) is 0 Å². The highest BCUT2D eigenvalue weighted by molar-refractivity contribution is 7.89. The maximum atomic E-state index is 14.6. The molecule has 0 spiro atoms. The topological polar surface area (TPSA) is 96.9 Å². The molecule has 0 unspecified atom stereocenters. The van der Waals surface area contributed by atoms with E-state index < -0.39 is 21.9 Å². The lowest BCUT2D eigenvalue weighted by Gasteiger charge is -2.35. The molecule has 2 fully saturated rings. The first-order chi connectivity index (χ1) is 13.9. The number of benzene rings is 1. The highest BCUT2D eigenvalue weighted by Crippen LogP contribution is 2.30. The third-order valence-corrected chi connectivity index (χ3v) is 7.51. The van der Waals surface area contributed by atoms with Crippen LogP contribution in [-0.4, -0.2) is 55.2 Å². The zero-order valence-electron chi connectivity index (χ0n) is 16.0. The molecule has 9 heteroatoms. The SMILES string of the molecule is N[C@@H]1CCN(C(=O)[C@@H]2CCCCN2S(=O)(=O)c2ccc(-c3ccco3)c(F)c2)C1. The Labute approximate surface area is 169 Å². The molecule has 156 valence electrons. The van der Waals surface area contributed by atoms with Crippen molar-refractivity contribution in [3.8, 4) is 11.3 Å². The minimum atomic E-state index is -4.02. The maximum Gasteiger partial charge on any atom is 0.243 e. The number of sulfonamides is 1. The van der Waals surface area contributed by atoms with Crippen LogP contribution in [0.4, 0.5) is 4.39 Å². The van der Waals surface area contributed by atoms with Gasteiger partial charge in [0.2, 0.25) is 15.9 Å². The van der Waals surface area contributed by atoms with Crippen molar-refractivity contribution in [2.45, 2.75) is 42.7 Å². The summed E-state index contributed by atoms with van der Waals surface area (Å²) >= 11 is 0. The molecule has 29 heavy (non-hydrogen) atoms. The summed E-state index contributed by atoms with van der Waals surface area (Å²) in [4.78, 5) is 14.5. The molecule has 7 nitrogen and oxygen atoms in total. The highest BCUT2D eigenvalue weighted by atomic mass is 32.2. The molecule has 0 bridgehead atoms. The van der Waals surface area contributed by atoms with Gasteiger partial charge in [0.1, 0.15) is 17.6 Å². The molecular weight excluding hydrogens is 397 g/mol. The molecule has 0 aliphatic carbocycles. The van der Waals surface area contributed by atoms with Crippen LogP contribution in [0.3, 0.4) is 0 Å². The average molecular weight is 421 g/mol. The van der Waals surface area contributed by atoms with Crippen LogP contribution >= 0.6 is 0 Å². The number of rotatable bonds is 4. The molecule has 1 aromatic carbocycles. The van der Waals surface area contributed by atoms with Gasteiger partial charge in [-0.05, 0) is 49.6 Å². The average Bonchev–Trinajstić information content (AvgIpc) is 3.39. The van der Waals surface area contributed by atoms with Crippen molar-refractivity contribution in [1.29, 1.82) is 0 Å². The van der Waals surface area contributed by atoms with Gasteiger partial charge < -0.3 is 15.1 Å². The summed E-state index contributed by atoms with van der Waals surface area (Å²) in [6.07, 6.45) is 4.03. The molecule has 0 saturated carbocycles. The number of piperidine rings is 1. The van der Waals surface area contributed by atoms with Gasteiger partial charge in [-0.3, -0.25) is 4.79 Å². The molecule has 2 N–H and O–H groups in total. The number of nitrogens with two attached hydrogens (primary N) is 1. The predicted octanol–water partition coefficient (Wildman–Crippen LogP) is 2.19.